The van der Waals surface area contributed by atoms with Gasteiger partial charge in [0.25, 0.3) is 0 Å². The van der Waals surface area contributed by atoms with Gasteiger partial charge >= 0.3 is 5.97 Å². The van der Waals surface area contributed by atoms with Crippen LogP contribution in [-0.4, -0.2) is 21.2 Å². The summed E-state index contributed by atoms with van der Waals surface area (Å²) in [5, 5.41) is 13.5. The summed E-state index contributed by atoms with van der Waals surface area (Å²) in [5.41, 5.74) is 10.4. The van der Waals surface area contributed by atoms with Gasteiger partial charge in [0, 0.05) is 11.2 Å². The zero-order valence-corrected chi connectivity index (χ0v) is 18.5. The van der Waals surface area contributed by atoms with Crippen LogP contribution < -0.4 is 16.2 Å². The number of carbonyl (C=O) groups is 1. The van der Waals surface area contributed by atoms with E-state index in [0.717, 1.165) is 24.0 Å². The molecule has 1 aliphatic rings. The van der Waals surface area contributed by atoms with Crippen molar-refractivity contribution in [1.29, 1.82) is 0 Å². The van der Waals surface area contributed by atoms with Gasteiger partial charge in [0.15, 0.2) is 10.9 Å². The number of nitrogens with zero attached hydrogens (tertiary/aromatic N) is 1. The van der Waals surface area contributed by atoms with E-state index >= 15 is 0 Å². The van der Waals surface area contributed by atoms with Crippen LogP contribution in [0.3, 0.4) is 0 Å². The number of rotatable bonds is 4. The molecule has 0 amide bonds. The van der Waals surface area contributed by atoms with Gasteiger partial charge in [0.05, 0.1) is 16.6 Å². The molecule has 3 aromatic rings. The Balaban J connectivity index is 1.55. The molecular formula is C22H18Cl2N4O2S. The quantitative estimate of drug-likeness (QED) is 0.321. The fourth-order valence-electron chi connectivity index (χ4n) is 3.63. The van der Waals surface area contributed by atoms with Crippen molar-refractivity contribution >= 4 is 52.3 Å². The molecule has 158 valence electrons. The highest BCUT2D eigenvalue weighted by Gasteiger charge is 2.24. The Morgan fingerprint density at radius 3 is 2.55 bits per heavy atom. The molecule has 4 N–H and O–H groups in total. The third kappa shape index (κ3) is 4.74. The number of nitrogens with one attached hydrogen (secondary N) is 3. The number of halogens is 2. The van der Waals surface area contributed by atoms with Crippen molar-refractivity contribution in [1.82, 2.24) is 15.7 Å². The van der Waals surface area contributed by atoms with E-state index < -0.39 is 5.97 Å². The van der Waals surface area contributed by atoms with Crippen molar-refractivity contribution in [3.63, 3.8) is 0 Å². The molecule has 6 nitrogen and oxygen atoms in total. The third-order valence-electron chi connectivity index (χ3n) is 5.11. The van der Waals surface area contributed by atoms with E-state index in [1.807, 2.05) is 24.3 Å². The summed E-state index contributed by atoms with van der Waals surface area (Å²) in [5.74, 6) is -0.837. The number of aryl methyl sites for hydroxylation is 2. The molecule has 0 aliphatic heterocycles. The zero-order chi connectivity index (χ0) is 22.0. The van der Waals surface area contributed by atoms with Crippen molar-refractivity contribution in [3.8, 4) is 0 Å². The SMILES string of the molecule is O=C(O)c1cnc(NNC(=S)NC2c3ccccc3CCc3ccc(Cl)cc32)c(Cl)c1. The van der Waals surface area contributed by atoms with Crippen LogP contribution in [0, 0.1) is 0 Å². The van der Waals surface area contributed by atoms with Crippen molar-refractivity contribution in [3.05, 3.63) is 92.6 Å². The van der Waals surface area contributed by atoms with Gasteiger partial charge in [0.2, 0.25) is 0 Å². The number of carboxylic acid groups (broad SMARTS) is 1. The smallest absolute Gasteiger partial charge is 0.337 e. The maximum atomic E-state index is 11.0. The average molecular weight is 473 g/mol. The highest BCUT2D eigenvalue weighted by Crippen LogP contribution is 2.34. The summed E-state index contributed by atoms with van der Waals surface area (Å²) >= 11 is 17.9. The molecule has 1 aliphatic carbocycles. The van der Waals surface area contributed by atoms with Gasteiger partial charge in [0.1, 0.15) is 0 Å². The lowest BCUT2D eigenvalue weighted by Crippen LogP contribution is -2.41. The molecule has 0 radical (unpaired) electrons. The van der Waals surface area contributed by atoms with Crippen molar-refractivity contribution in [2.75, 3.05) is 5.43 Å². The monoisotopic (exact) mass is 472 g/mol. The van der Waals surface area contributed by atoms with Gasteiger partial charge in [-0.3, -0.25) is 10.9 Å². The predicted octanol–water partition coefficient (Wildman–Crippen LogP) is 4.77. The maximum Gasteiger partial charge on any atom is 0.337 e. The number of benzene rings is 2. The summed E-state index contributed by atoms with van der Waals surface area (Å²) in [6.07, 6.45) is 3.06. The Hall–Kier alpha value is -2.87. The average Bonchev–Trinajstić information content (AvgIpc) is 2.90. The maximum absolute atomic E-state index is 11.0. The summed E-state index contributed by atoms with van der Waals surface area (Å²) in [4.78, 5) is 15.1. The van der Waals surface area contributed by atoms with E-state index in [1.54, 1.807) is 0 Å². The van der Waals surface area contributed by atoms with Gasteiger partial charge in [-0.2, -0.15) is 0 Å². The molecule has 1 unspecified atom stereocenters. The number of aromatic nitrogens is 1. The van der Waals surface area contributed by atoms with Crippen LogP contribution in [-0.2, 0) is 12.8 Å². The molecule has 0 spiro atoms. The lowest BCUT2D eigenvalue weighted by Gasteiger charge is -2.24. The predicted molar refractivity (Wildman–Crippen MR) is 126 cm³/mol. The molecule has 0 fully saturated rings. The van der Waals surface area contributed by atoms with Gasteiger partial charge in [-0.05, 0) is 65.5 Å². The van der Waals surface area contributed by atoms with Gasteiger partial charge in [-0.1, -0.05) is 53.5 Å². The number of carboxylic acids is 1. The lowest BCUT2D eigenvalue weighted by atomic mass is 9.95. The Morgan fingerprint density at radius 1 is 1.06 bits per heavy atom. The highest BCUT2D eigenvalue weighted by atomic mass is 35.5. The first-order valence-electron chi connectivity index (χ1n) is 9.50. The van der Waals surface area contributed by atoms with E-state index in [1.165, 1.54) is 23.4 Å². The minimum absolute atomic E-state index is 0.000185. The summed E-state index contributed by atoms with van der Waals surface area (Å²) in [6, 6.07) is 15.3. The summed E-state index contributed by atoms with van der Waals surface area (Å²) < 4.78 is 0. The second-order valence-corrected chi connectivity index (χ2v) is 8.31. The molecule has 1 atom stereocenters. The van der Waals surface area contributed by atoms with Crippen molar-refractivity contribution in [2.24, 2.45) is 0 Å². The van der Waals surface area contributed by atoms with E-state index in [4.69, 9.17) is 40.5 Å². The first-order valence-corrected chi connectivity index (χ1v) is 10.7. The Kier molecular flexibility index (Phi) is 6.27. The molecule has 31 heavy (non-hydrogen) atoms. The molecule has 2 aromatic carbocycles. The third-order valence-corrected chi connectivity index (χ3v) is 5.85. The summed E-state index contributed by atoms with van der Waals surface area (Å²) in [6.45, 7) is 0. The molecule has 9 heteroatoms. The number of hydrogen-bond acceptors (Lipinski definition) is 4. The molecular weight excluding hydrogens is 455 g/mol. The van der Waals surface area contributed by atoms with E-state index in [0.29, 0.717) is 10.1 Å². The van der Waals surface area contributed by atoms with Crippen LogP contribution in [0.2, 0.25) is 10.0 Å². The number of hydrazine groups is 1. The number of hydrogen-bond donors (Lipinski definition) is 4. The Bertz CT molecular complexity index is 1170. The normalized spacial score (nSPS) is 14.6. The second kappa shape index (κ2) is 9.09. The molecule has 0 bridgehead atoms. The second-order valence-electron chi connectivity index (χ2n) is 7.06. The van der Waals surface area contributed by atoms with Crippen LogP contribution in [0.25, 0.3) is 0 Å². The topological polar surface area (TPSA) is 86.3 Å². The van der Waals surface area contributed by atoms with Crippen LogP contribution in [0.1, 0.15) is 38.7 Å². The fourth-order valence-corrected chi connectivity index (χ4v) is 4.19. The molecule has 0 saturated heterocycles. The van der Waals surface area contributed by atoms with E-state index in [9.17, 15) is 4.79 Å². The molecule has 1 aromatic heterocycles. The molecule has 0 saturated carbocycles. The van der Waals surface area contributed by atoms with Crippen molar-refractivity contribution in [2.45, 2.75) is 18.9 Å². The first-order chi connectivity index (χ1) is 14.9. The molecule has 1 heterocycles. The van der Waals surface area contributed by atoms with Crippen LogP contribution in [0.5, 0.6) is 0 Å². The van der Waals surface area contributed by atoms with Gasteiger partial charge in [-0.25, -0.2) is 9.78 Å². The van der Waals surface area contributed by atoms with Crippen LogP contribution in [0.4, 0.5) is 5.82 Å². The fraction of sp³-hybridized carbons (Fsp3) is 0.136. The van der Waals surface area contributed by atoms with Crippen LogP contribution in [0.15, 0.2) is 54.7 Å². The number of fused-ring (bicyclic) bond motifs is 2. The summed E-state index contributed by atoms with van der Waals surface area (Å²) in [7, 11) is 0. The molecule has 4 rings (SSSR count). The van der Waals surface area contributed by atoms with Gasteiger partial charge < -0.3 is 10.4 Å². The number of aromatic carboxylic acids is 1. The number of anilines is 1. The largest absolute Gasteiger partial charge is 0.478 e. The van der Waals surface area contributed by atoms with Crippen molar-refractivity contribution < 1.29 is 9.90 Å². The standard InChI is InChI=1S/C22H18Cl2N4O2S/c23-15-8-7-13-6-5-12-3-1-2-4-16(12)19(17(13)10-15)26-22(31)28-27-20-18(24)9-14(11-25-20)21(29)30/h1-4,7-11,19H,5-6H2,(H,25,27)(H,29,30)(H2,26,28,31). The Morgan fingerprint density at radius 2 is 1.81 bits per heavy atom. The minimum Gasteiger partial charge on any atom is -0.478 e. The van der Waals surface area contributed by atoms with Crippen LogP contribution >= 0.6 is 35.4 Å². The lowest BCUT2D eigenvalue weighted by molar-refractivity contribution is 0.0696. The first kappa shape index (κ1) is 21.4. The highest BCUT2D eigenvalue weighted by molar-refractivity contribution is 7.80. The minimum atomic E-state index is -1.10. The van der Waals surface area contributed by atoms with E-state index in [2.05, 4.69) is 39.4 Å². The zero-order valence-electron chi connectivity index (χ0n) is 16.2. The Labute approximate surface area is 194 Å². The number of thiocarbonyl (C=S) groups is 1. The van der Waals surface area contributed by atoms with E-state index in [-0.39, 0.29) is 22.4 Å². The van der Waals surface area contributed by atoms with Gasteiger partial charge in [-0.15, -0.1) is 0 Å². The number of pyridine rings is 1.